The summed E-state index contributed by atoms with van der Waals surface area (Å²) in [5, 5.41) is 6.35. The zero-order valence-electron chi connectivity index (χ0n) is 12.5. The summed E-state index contributed by atoms with van der Waals surface area (Å²) in [6.07, 6.45) is 0.403. The van der Waals surface area contributed by atoms with Gasteiger partial charge in [-0.3, -0.25) is 4.99 Å². The molecule has 1 atom stereocenters. The van der Waals surface area contributed by atoms with Crippen LogP contribution in [-0.4, -0.2) is 25.6 Å². The van der Waals surface area contributed by atoms with E-state index in [-0.39, 0.29) is 11.9 Å². The van der Waals surface area contributed by atoms with Crippen LogP contribution in [-0.2, 0) is 6.42 Å². The molecule has 0 aromatic heterocycles. The van der Waals surface area contributed by atoms with Crippen LogP contribution < -0.4 is 10.6 Å². The van der Waals surface area contributed by atoms with Crippen LogP contribution in [0.3, 0.4) is 0 Å². The molecule has 1 unspecified atom stereocenters. The van der Waals surface area contributed by atoms with Crippen molar-refractivity contribution in [2.75, 3.05) is 13.6 Å². The fourth-order valence-electron chi connectivity index (χ4n) is 1.63. The zero-order valence-corrected chi connectivity index (χ0v) is 12.5. The van der Waals surface area contributed by atoms with E-state index in [1.807, 2.05) is 0 Å². The highest BCUT2D eigenvalue weighted by molar-refractivity contribution is 5.79. The van der Waals surface area contributed by atoms with Crippen LogP contribution in [0.15, 0.2) is 23.2 Å². The number of nitrogens with one attached hydrogen (secondary N) is 2. The molecular formula is C15H23F2N3. The third-order valence-corrected chi connectivity index (χ3v) is 3.28. The number of halogens is 2. The van der Waals surface area contributed by atoms with E-state index in [0.29, 0.717) is 30.4 Å². The standard InChI is InChI=1S/C15H23F2N3/c1-10(2)11(3)20-15(18-4)19-8-7-12-9-13(16)5-6-14(12)17/h5-6,9-11H,7-8H2,1-4H3,(H2,18,19,20). The lowest BCUT2D eigenvalue weighted by atomic mass is 10.1. The fourth-order valence-corrected chi connectivity index (χ4v) is 1.63. The van der Waals surface area contributed by atoms with Crippen LogP contribution in [0.5, 0.6) is 0 Å². The van der Waals surface area contributed by atoms with Crippen LogP contribution in [0.2, 0.25) is 0 Å². The second-order valence-electron chi connectivity index (χ2n) is 5.16. The van der Waals surface area contributed by atoms with Crippen molar-refractivity contribution in [2.45, 2.75) is 33.2 Å². The summed E-state index contributed by atoms with van der Waals surface area (Å²) in [5.41, 5.74) is 0.366. The quantitative estimate of drug-likeness (QED) is 0.644. The van der Waals surface area contributed by atoms with Gasteiger partial charge in [-0.15, -0.1) is 0 Å². The summed E-state index contributed by atoms with van der Waals surface area (Å²) in [6.45, 7) is 6.80. The number of hydrogen-bond acceptors (Lipinski definition) is 1. The van der Waals surface area contributed by atoms with Gasteiger partial charge in [-0.1, -0.05) is 13.8 Å². The van der Waals surface area contributed by atoms with Crippen molar-refractivity contribution in [2.24, 2.45) is 10.9 Å². The van der Waals surface area contributed by atoms with Gasteiger partial charge in [-0.25, -0.2) is 8.78 Å². The van der Waals surface area contributed by atoms with E-state index >= 15 is 0 Å². The minimum atomic E-state index is -0.419. The first-order valence-corrected chi connectivity index (χ1v) is 6.85. The lowest BCUT2D eigenvalue weighted by Crippen LogP contribution is -2.44. The molecule has 0 aliphatic carbocycles. The Morgan fingerprint density at radius 1 is 1.25 bits per heavy atom. The van der Waals surface area contributed by atoms with Crippen molar-refractivity contribution < 1.29 is 8.78 Å². The third-order valence-electron chi connectivity index (χ3n) is 3.28. The highest BCUT2D eigenvalue weighted by atomic mass is 19.1. The van der Waals surface area contributed by atoms with Gasteiger partial charge in [0.05, 0.1) is 0 Å². The summed E-state index contributed by atoms with van der Waals surface area (Å²) >= 11 is 0. The monoisotopic (exact) mass is 283 g/mol. The first-order valence-electron chi connectivity index (χ1n) is 6.85. The number of benzene rings is 1. The minimum absolute atomic E-state index is 0.284. The Kier molecular flexibility index (Phi) is 6.42. The third kappa shape index (κ3) is 5.15. The summed E-state index contributed by atoms with van der Waals surface area (Å²) in [5.74, 6) is 0.348. The smallest absolute Gasteiger partial charge is 0.191 e. The average Bonchev–Trinajstić information content (AvgIpc) is 2.41. The van der Waals surface area contributed by atoms with Crippen molar-refractivity contribution in [3.63, 3.8) is 0 Å². The Labute approximate surface area is 119 Å². The molecule has 112 valence electrons. The minimum Gasteiger partial charge on any atom is -0.356 e. The Balaban J connectivity index is 2.48. The molecule has 1 aromatic carbocycles. The topological polar surface area (TPSA) is 36.4 Å². The van der Waals surface area contributed by atoms with Gasteiger partial charge in [-0.05, 0) is 43.0 Å². The van der Waals surface area contributed by atoms with Crippen molar-refractivity contribution >= 4 is 5.96 Å². The van der Waals surface area contributed by atoms with Crippen LogP contribution in [0.25, 0.3) is 0 Å². The van der Waals surface area contributed by atoms with Crippen LogP contribution >= 0.6 is 0 Å². The molecule has 1 rings (SSSR count). The van der Waals surface area contributed by atoms with Crippen molar-refractivity contribution in [1.82, 2.24) is 10.6 Å². The molecule has 0 radical (unpaired) electrons. The second-order valence-corrected chi connectivity index (χ2v) is 5.16. The lowest BCUT2D eigenvalue weighted by molar-refractivity contribution is 0.481. The summed E-state index contributed by atoms with van der Waals surface area (Å²) in [4.78, 5) is 4.11. The van der Waals surface area contributed by atoms with Gasteiger partial charge in [0.1, 0.15) is 11.6 Å². The van der Waals surface area contributed by atoms with Gasteiger partial charge in [-0.2, -0.15) is 0 Å². The van der Waals surface area contributed by atoms with E-state index in [2.05, 4.69) is 36.4 Å². The average molecular weight is 283 g/mol. The van der Waals surface area contributed by atoms with Gasteiger partial charge in [0.25, 0.3) is 0 Å². The van der Waals surface area contributed by atoms with Crippen molar-refractivity contribution in [3.8, 4) is 0 Å². The van der Waals surface area contributed by atoms with Crippen LogP contribution in [0, 0.1) is 17.6 Å². The summed E-state index contributed by atoms with van der Waals surface area (Å²) in [7, 11) is 1.69. The SMILES string of the molecule is CN=C(NCCc1cc(F)ccc1F)NC(C)C(C)C. The van der Waals surface area contributed by atoms with E-state index < -0.39 is 5.82 Å². The number of nitrogens with zero attached hydrogens (tertiary/aromatic N) is 1. The molecular weight excluding hydrogens is 260 g/mol. The van der Waals surface area contributed by atoms with Gasteiger partial charge in [0.2, 0.25) is 0 Å². The van der Waals surface area contributed by atoms with Crippen molar-refractivity contribution in [3.05, 3.63) is 35.4 Å². The second kappa shape index (κ2) is 7.82. The number of rotatable bonds is 5. The van der Waals surface area contributed by atoms with Gasteiger partial charge in [0.15, 0.2) is 5.96 Å². The molecule has 3 nitrogen and oxygen atoms in total. The molecule has 0 saturated carbocycles. The Hall–Kier alpha value is -1.65. The highest BCUT2D eigenvalue weighted by Gasteiger charge is 2.09. The zero-order chi connectivity index (χ0) is 15.1. The van der Waals surface area contributed by atoms with Gasteiger partial charge >= 0.3 is 0 Å². The van der Waals surface area contributed by atoms with Gasteiger partial charge in [0, 0.05) is 19.6 Å². The predicted octanol–water partition coefficient (Wildman–Crippen LogP) is 2.72. The molecule has 0 spiro atoms. The fraction of sp³-hybridized carbons (Fsp3) is 0.533. The molecule has 0 amide bonds. The van der Waals surface area contributed by atoms with E-state index in [0.717, 1.165) is 12.1 Å². The molecule has 0 aliphatic rings. The molecule has 20 heavy (non-hydrogen) atoms. The Bertz CT molecular complexity index is 458. The molecule has 0 saturated heterocycles. The van der Waals surface area contributed by atoms with Crippen molar-refractivity contribution in [1.29, 1.82) is 0 Å². The van der Waals surface area contributed by atoms with Gasteiger partial charge < -0.3 is 10.6 Å². The van der Waals surface area contributed by atoms with E-state index in [1.165, 1.54) is 6.07 Å². The lowest BCUT2D eigenvalue weighted by Gasteiger charge is -2.20. The number of aliphatic imine (C=N–C) groups is 1. The molecule has 0 fully saturated rings. The molecule has 5 heteroatoms. The summed E-state index contributed by atoms with van der Waals surface area (Å²) < 4.78 is 26.5. The molecule has 0 bridgehead atoms. The highest BCUT2D eigenvalue weighted by Crippen LogP contribution is 2.09. The largest absolute Gasteiger partial charge is 0.356 e. The Morgan fingerprint density at radius 2 is 1.95 bits per heavy atom. The van der Waals surface area contributed by atoms with Crippen LogP contribution in [0.1, 0.15) is 26.3 Å². The molecule has 1 aromatic rings. The maximum atomic E-state index is 13.5. The molecule has 0 heterocycles. The Morgan fingerprint density at radius 3 is 2.55 bits per heavy atom. The summed E-state index contributed by atoms with van der Waals surface area (Å²) in [6, 6.07) is 3.78. The van der Waals surface area contributed by atoms with Crippen LogP contribution in [0.4, 0.5) is 8.78 Å². The normalized spacial score (nSPS) is 13.4. The first-order chi connectivity index (χ1) is 9.43. The first kappa shape index (κ1) is 16.4. The molecule has 0 aliphatic heterocycles. The van der Waals surface area contributed by atoms with E-state index in [9.17, 15) is 8.78 Å². The van der Waals surface area contributed by atoms with E-state index in [1.54, 1.807) is 7.05 Å². The maximum absolute atomic E-state index is 13.5. The number of guanidine groups is 1. The van der Waals surface area contributed by atoms with E-state index in [4.69, 9.17) is 0 Å². The maximum Gasteiger partial charge on any atom is 0.191 e. The number of hydrogen-bond donors (Lipinski definition) is 2. The molecule has 2 N–H and O–H groups in total. The predicted molar refractivity (Wildman–Crippen MR) is 78.9 cm³/mol.